The fraction of sp³-hybridized carbons (Fsp3) is 0.381. The van der Waals surface area contributed by atoms with Gasteiger partial charge >= 0.3 is 6.09 Å². The van der Waals surface area contributed by atoms with Crippen molar-refractivity contribution in [3.63, 3.8) is 0 Å². The Morgan fingerprint density at radius 2 is 1.70 bits per heavy atom. The van der Waals surface area contributed by atoms with Gasteiger partial charge in [0, 0.05) is 25.2 Å². The molecule has 0 bridgehead atoms. The topological polar surface area (TPSA) is 107 Å². The van der Waals surface area contributed by atoms with Gasteiger partial charge in [0.15, 0.2) is 0 Å². The van der Waals surface area contributed by atoms with Crippen LogP contribution < -0.4 is 5.73 Å². The lowest BCUT2D eigenvalue weighted by Crippen LogP contribution is -2.36. The van der Waals surface area contributed by atoms with E-state index in [4.69, 9.17) is 10.8 Å². The van der Waals surface area contributed by atoms with Crippen molar-refractivity contribution in [3.8, 4) is 11.5 Å². The van der Waals surface area contributed by atoms with Crippen LogP contribution in [0.4, 0.5) is 4.79 Å². The van der Waals surface area contributed by atoms with Crippen molar-refractivity contribution < 1.29 is 20.1 Å². The van der Waals surface area contributed by atoms with E-state index in [0.717, 1.165) is 18.4 Å². The van der Waals surface area contributed by atoms with Crippen LogP contribution in [-0.2, 0) is 6.42 Å². The van der Waals surface area contributed by atoms with Gasteiger partial charge in [-0.1, -0.05) is 30.3 Å². The first kappa shape index (κ1) is 19.0. The Hall–Kier alpha value is -2.73. The number of carbonyl (C=O) groups is 1. The Morgan fingerprint density at radius 3 is 2.33 bits per heavy atom. The smallest absolute Gasteiger partial charge is 0.407 e. The quantitative estimate of drug-likeness (QED) is 0.614. The molecule has 0 spiro atoms. The summed E-state index contributed by atoms with van der Waals surface area (Å²) in [4.78, 5) is 12.1. The summed E-state index contributed by atoms with van der Waals surface area (Å²) in [6, 6.07) is 13.3. The van der Waals surface area contributed by atoms with Crippen molar-refractivity contribution in [1.82, 2.24) is 4.90 Å². The van der Waals surface area contributed by atoms with E-state index in [9.17, 15) is 15.0 Å². The molecule has 1 heterocycles. The van der Waals surface area contributed by atoms with E-state index in [2.05, 4.69) is 24.3 Å². The highest BCUT2D eigenvalue weighted by Gasteiger charge is 2.25. The predicted molar refractivity (Wildman–Crippen MR) is 103 cm³/mol. The van der Waals surface area contributed by atoms with Gasteiger partial charge in [0.25, 0.3) is 0 Å². The van der Waals surface area contributed by atoms with Crippen LogP contribution in [0.2, 0.25) is 0 Å². The summed E-state index contributed by atoms with van der Waals surface area (Å²) >= 11 is 0. The number of phenols is 2. The van der Waals surface area contributed by atoms with E-state index >= 15 is 0 Å². The molecule has 1 atom stereocenters. The minimum absolute atomic E-state index is 0.0363. The fourth-order valence-corrected chi connectivity index (χ4v) is 3.85. The molecule has 0 saturated carbocycles. The normalized spacial score (nSPS) is 19.1. The highest BCUT2D eigenvalue weighted by atomic mass is 16.4. The molecule has 6 heteroatoms. The van der Waals surface area contributed by atoms with E-state index in [-0.39, 0.29) is 17.4 Å². The summed E-state index contributed by atoms with van der Waals surface area (Å²) in [6.45, 7) is 0.973. The number of phenolic OH excluding ortho intramolecular Hbond substituents is 2. The zero-order valence-corrected chi connectivity index (χ0v) is 15.2. The van der Waals surface area contributed by atoms with Gasteiger partial charge in [-0.3, -0.25) is 0 Å². The molecule has 0 unspecified atom stereocenters. The fourth-order valence-electron chi connectivity index (χ4n) is 3.85. The predicted octanol–water partition coefficient (Wildman–Crippen LogP) is 3.59. The third-order valence-corrected chi connectivity index (χ3v) is 5.40. The zero-order chi connectivity index (χ0) is 19.4. The number of amides is 1. The number of hydrogen-bond donors (Lipinski definition) is 4. The highest BCUT2D eigenvalue weighted by Crippen LogP contribution is 2.35. The molecule has 0 radical (unpaired) electrons. The van der Waals surface area contributed by atoms with Crippen molar-refractivity contribution in [2.24, 2.45) is 5.73 Å². The molecule has 1 fully saturated rings. The standard InChI is InChI=1S/C12H15NO4.C9H11N/c14-9-1-2-10(11(15)7-9)8-3-5-13(6-4-8)12(16)17;10-9-6-5-7-3-1-2-4-8(7)9/h1-2,7-8,14-15H,3-6H2,(H,16,17);1-4,9H,5-6,10H2/t;9-/m.0/s1. The molecule has 0 aromatic heterocycles. The molecule has 27 heavy (non-hydrogen) atoms. The summed E-state index contributed by atoms with van der Waals surface area (Å²) in [5.74, 6) is 0.277. The van der Waals surface area contributed by atoms with Crippen LogP contribution in [0, 0.1) is 0 Å². The number of rotatable bonds is 1. The second-order valence-electron chi connectivity index (χ2n) is 7.13. The van der Waals surface area contributed by atoms with Crippen molar-refractivity contribution in [1.29, 1.82) is 0 Å². The molecule has 5 N–H and O–H groups in total. The number of aromatic hydroxyl groups is 2. The molecule has 1 amide bonds. The van der Waals surface area contributed by atoms with Crippen molar-refractivity contribution >= 4 is 6.09 Å². The molecule has 4 rings (SSSR count). The number of carboxylic acid groups (broad SMARTS) is 1. The summed E-state index contributed by atoms with van der Waals surface area (Å²) in [6.07, 6.45) is 2.80. The van der Waals surface area contributed by atoms with Gasteiger partial charge in [0.2, 0.25) is 0 Å². The number of hydrogen-bond acceptors (Lipinski definition) is 4. The lowest BCUT2D eigenvalue weighted by molar-refractivity contribution is 0.132. The Balaban J connectivity index is 0.000000177. The number of aryl methyl sites for hydroxylation is 1. The van der Waals surface area contributed by atoms with E-state index in [1.807, 2.05) is 0 Å². The van der Waals surface area contributed by atoms with E-state index < -0.39 is 6.09 Å². The molecule has 2 aliphatic rings. The number of nitrogens with two attached hydrogens (primary N) is 1. The van der Waals surface area contributed by atoms with Gasteiger partial charge in [-0.2, -0.15) is 0 Å². The molecular weight excluding hydrogens is 344 g/mol. The Morgan fingerprint density at radius 1 is 1.00 bits per heavy atom. The molecule has 1 aliphatic carbocycles. The van der Waals surface area contributed by atoms with Crippen LogP contribution in [0.25, 0.3) is 0 Å². The van der Waals surface area contributed by atoms with Crippen molar-refractivity contribution in [2.75, 3.05) is 13.1 Å². The van der Waals surface area contributed by atoms with Crippen LogP contribution >= 0.6 is 0 Å². The summed E-state index contributed by atoms with van der Waals surface area (Å²) < 4.78 is 0. The van der Waals surface area contributed by atoms with Crippen LogP contribution in [-0.4, -0.2) is 39.4 Å². The van der Waals surface area contributed by atoms with Gasteiger partial charge in [0.05, 0.1) is 0 Å². The maximum Gasteiger partial charge on any atom is 0.407 e. The van der Waals surface area contributed by atoms with Crippen LogP contribution in [0.1, 0.15) is 47.9 Å². The summed E-state index contributed by atoms with van der Waals surface area (Å²) in [7, 11) is 0. The minimum atomic E-state index is -0.890. The second-order valence-corrected chi connectivity index (χ2v) is 7.13. The molecule has 144 valence electrons. The van der Waals surface area contributed by atoms with Gasteiger partial charge in [-0.15, -0.1) is 0 Å². The van der Waals surface area contributed by atoms with Gasteiger partial charge in [0.1, 0.15) is 11.5 Å². The maximum atomic E-state index is 10.8. The van der Waals surface area contributed by atoms with Gasteiger partial charge < -0.3 is 26.0 Å². The molecule has 1 aliphatic heterocycles. The van der Waals surface area contributed by atoms with Crippen molar-refractivity contribution in [2.45, 2.75) is 37.6 Å². The van der Waals surface area contributed by atoms with Crippen LogP contribution in [0.5, 0.6) is 11.5 Å². The Kier molecular flexibility index (Phi) is 5.86. The summed E-state index contributed by atoms with van der Waals surface area (Å²) in [5.41, 5.74) is 9.42. The lowest BCUT2D eigenvalue weighted by atomic mass is 9.89. The number of likely N-dealkylation sites (tertiary alicyclic amines) is 1. The first-order valence-electron chi connectivity index (χ1n) is 9.29. The maximum absolute atomic E-state index is 10.8. The first-order chi connectivity index (χ1) is 13.0. The van der Waals surface area contributed by atoms with Gasteiger partial charge in [-0.25, -0.2) is 4.79 Å². The van der Waals surface area contributed by atoms with Crippen LogP contribution in [0.15, 0.2) is 42.5 Å². The summed E-state index contributed by atoms with van der Waals surface area (Å²) in [5, 5.41) is 27.8. The van der Waals surface area contributed by atoms with Gasteiger partial charge in [-0.05, 0) is 54.4 Å². The molecule has 1 saturated heterocycles. The van der Waals surface area contributed by atoms with E-state index in [1.54, 1.807) is 12.1 Å². The monoisotopic (exact) mass is 370 g/mol. The molecular formula is C21H26N2O4. The number of fused-ring (bicyclic) bond motifs is 1. The lowest BCUT2D eigenvalue weighted by Gasteiger charge is -2.30. The SMILES string of the molecule is N[C@H]1CCc2ccccc21.O=C(O)N1CCC(c2ccc(O)cc2O)CC1. The number of nitrogens with zero attached hydrogens (tertiary/aromatic N) is 1. The zero-order valence-electron chi connectivity index (χ0n) is 15.2. The number of benzene rings is 2. The Bertz CT molecular complexity index is 801. The largest absolute Gasteiger partial charge is 0.508 e. The molecule has 6 nitrogen and oxygen atoms in total. The average Bonchev–Trinajstić information content (AvgIpc) is 3.04. The van der Waals surface area contributed by atoms with Crippen molar-refractivity contribution in [3.05, 3.63) is 59.2 Å². The van der Waals surface area contributed by atoms with E-state index in [1.165, 1.54) is 22.1 Å². The van der Waals surface area contributed by atoms with Crippen LogP contribution in [0.3, 0.4) is 0 Å². The second kappa shape index (κ2) is 8.31. The molecule has 2 aromatic carbocycles. The minimum Gasteiger partial charge on any atom is -0.508 e. The third-order valence-electron chi connectivity index (χ3n) is 5.40. The third kappa shape index (κ3) is 4.52. The first-order valence-corrected chi connectivity index (χ1v) is 9.29. The average molecular weight is 370 g/mol. The van der Waals surface area contributed by atoms with E-state index in [0.29, 0.717) is 32.0 Å². The molecule has 2 aromatic rings. The highest BCUT2D eigenvalue weighted by molar-refractivity contribution is 5.65. The Labute approximate surface area is 158 Å². The number of piperidine rings is 1.